The van der Waals surface area contributed by atoms with E-state index < -0.39 is 18.5 Å². The summed E-state index contributed by atoms with van der Waals surface area (Å²) in [5.74, 6) is 1.87. The molecule has 212 valence electrons. The summed E-state index contributed by atoms with van der Waals surface area (Å²) in [4.78, 5) is 13.6. The highest BCUT2D eigenvalue weighted by Crippen LogP contribution is 2.42. The third-order valence-electron chi connectivity index (χ3n) is 7.34. The second-order valence-corrected chi connectivity index (χ2v) is 9.64. The molecule has 0 saturated carbocycles. The molecule has 5 rings (SSSR count). The lowest BCUT2D eigenvalue weighted by Crippen LogP contribution is -2.36. The second kappa shape index (κ2) is 13.0. The molecule has 0 saturated heterocycles. The van der Waals surface area contributed by atoms with E-state index in [1.165, 1.54) is 7.11 Å². The van der Waals surface area contributed by atoms with E-state index in [2.05, 4.69) is 6.07 Å². The van der Waals surface area contributed by atoms with Crippen LogP contribution in [0.15, 0.2) is 91.0 Å². The molecule has 3 atom stereocenters. The molecule has 0 spiro atoms. The molecule has 41 heavy (non-hydrogen) atoms. The second-order valence-electron chi connectivity index (χ2n) is 9.64. The van der Waals surface area contributed by atoms with Crippen molar-refractivity contribution in [2.45, 2.75) is 24.9 Å². The first-order chi connectivity index (χ1) is 20.1. The van der Waals surface area contributed by atoms with Gasteiger partial charge < -0.3 is 28.4 Å². The fraction of sp³-hybridized carbons (Fsp3) is 0.265. The first-order valence-electron chi connectivity index (χ1n) is 13.4. The molecule has 0 bridgehead atoms. The van der Waals surface area contributed by atoms with Gasteiger partial charge in [0.15, 0.2) is 12.1 Å². The smallest absolute Gasteiger partial charge is 0.188 e. The molecule has 7 heteroatoms. The van der Waals surface area contributed by atoms with E-state index in [-0.39, 0.29) is 12.4 Å². The summed E-state index contributed by atoms with van der Waals surface area (Å²) in [6, 6.07) is 29.5. The first-order valence-corrected chi connectivity index (χ1v) is 13.4. The Morgan fingerprint density at radius 3 is 2.17 bits per heavy atom. The van der Waals surface area contributed by atoms with Crippen molar-refractivity contribution in [2.75, 3.05) is 35.0 Å². The third kappa shape index (κ3) is 5.98. The largest absolute Gasteiger partial charge is 0.497 e. The van der Waals surface area contributed by atoms with Gasteiger partial charge in [-0.3, -0.25) is 4.79 Å². The molecule has 0 fully saturated rings. The van der Waals surface area contributed by atoms with Gasteiger partial charge in [-0.1, -0.05) is 66.7 Å². The van der Waals surface area contributed by atoms with Crippen LogP contribution in [0.3, 0.4) is 0 Å². The number of hydrogen-bond donors (Lipinski definition) is 0. The van der Waals surface area contributed by atoms with Gasteiger partial charge in [0.2, 0.25) is 0 Å². The van der Waals surface area contributed by atoms with Gasteiger partial charge in [0.05, 0.1) is 26.9 Å². The molecule has 1 unspecified atom stereocenters. The van der Waals surface area contributed by atoms with Crippen molar-refractivity contribution in [1.29, 1.82) is 0 Å². The highest BCUT2D eigenvalue weighted by atomic mass is 16.7. The summed E-state index contributed by atoms with van der Waals surface area (Å²) >= 11 is 0. The molecule has 1 heterocycles. The van der Waals surface area contributed by atoms with Crippen molar-refractivity contribution >= 4 is 5.78 Å². The van der Waals surface area contributed by atoms with Crippen LogP contribution in [0.4, 0.5) is 0 Å². The van der Waals surface area contributed by atoms with E-state index in [1.54, 1.807) is 21.3 Å². The molecule has 7 nitrogen and oxygen atoms in total. The highest BCUT2D eigenvalue weighted by Gasteiger charge is 2.36. The molecule has 1 aliphatic rings. The third-order valence-corrected chi connectivity index (χ3v) is 7.34. The zero-order chi connectivity index (χ0) is 28.8. The topological polar surface area (TPSA) is 72.5 Å². The van der Waals surface area contributed by atoms with Crippen molar-refractivity contribution < 1.29 is 33.2 Å². The normalized spacial score (nSPS) is 16.9. The van der Waals surface area contributed by atoms with Crippen LogP contribution >= 0.6 is 0 Å². The molecule has 4 aromatic rings. The number of rotatable bonds is 11. The molecule has 1 aliphatic heterocycles. The van der Waals surface area contributed by atoms with Gasteiger partial charge in [-0.2, -0.15) is 0 Å². The number of carbonyl (C=O) groups is 1. The summed E-state index contributed by atoms with van der Waals surface area (Å²) in [7, 11) is 6.38. The van der Waals surface area contributed by atoms with Crippen LogP contribution in [0.2, 0.25) is 0 Å². The Hall–Kier alpha value is -4.17. The molecule has 0 aromatic heterocycles. The van der Waals surface area contributed by atoms with Crippen LogP contribution in [0.5, 0.6) is 17.2 Å². The summed E-state index contributed by atoms with van der Waals surface area (Å²) in [5.41, 5.74) is 5.48. The zero-order valence-electron chi connectivity index (χ0n) is 23.7. The van der Waals surface area contributed by atoms with Gasteiger partial charge in [-0.15, -0.1) is 0 Å². The average Bonchev–Trinajstić information content (AvgIpc) is 3.04. The van der Waals surface area contributed by atoms with Crippen LogP contribution in [0.25, 0.3) is 11.1 Å². The van der Waals surface area contributed by atoms with Crippen molar-refractivity contribution in [3.63, 3.8) is 0 Å². The molecular weight excluding hydrogens is 520 g/mol. The van der Waals surface area contributed by atoms with Crippen molar-refractivity contribution in [2.24, 2.45) is 0 Å². The van der Waals surface area contributed by atoms with Crippen LogP contribution in [0, 0.1) is 0 Å². The molecule has 0 aliphatic carbocycles. The number of ether oxygens (including phenoxy) is 6. The lowest BCUT2D eigenvalue weighted by molar-refractivity contribution is -0.181. The van der Waals surface area contributed by atoms with Crippen LogP contribution < -0.4 is 14.2 Å². The average molecular weight is 555 g/mol. The van der Waals surface area contributed by atoms with Gasteiger partial charge in [0.1, 0.15) is 36.1 Å². The van der Waals surface area contributed by atoms with Gasteiger partial charge in [-0.25, -0.2) is 0 Å². The number of carbonyl (C=O) groups excluding carboxylic acids is 1. The van der Waals surface area contributed by atoms with Crippen molar-refractivity contribution in [3.05, 3.63) is 113 Å². The predicted octanol–water partition coefficient (Wildman–Crippen LogP) is 6.34. The van der Waals surface area contributed by atoms with Crippen LogP contribution in [0.1, 0.15) is 34.6 Å². The van der Waals surface area contributed by atoms with Crippen molar-refractivity contribution in [1.82, 2.24) is 0 Å². The molecular formula is C34H34O7. The van der Waals surface area contributed by atoms with Gasteiger partial charge in [0, 0.05) is 19.1 Å². The molecule has 0 N–H and O–H groups in total. The standard InChI is InChI=1S/C34H34O7/c1-36-24-16-14-22(15-17-24)25-12-8-9-13-26(25)33(23-10-6-5-7-11-23)40-21-28(35)31-20-27-29(37-2)18-19-30(38-3)32(27)34(39-4)41-31/h5-19,31,33-34H,20-21H2,1-4H3/t31-,33?,34-/m0/s1. The first kappa shape index (κ1) is 28.4. The Labute approximate surface area is 240 Å². The fourth-order valence-corrected chi connectivity index (χ4v) is 5.29. The van der Waals surface area contributed by atoms with Gasteiger partial charge >= 0.3 is 0 Å². The number of ketones is 1. The van der Waals surface area contributed by atoms with E-state index in [0.717, 1.165) is 39.1 Å². The molecule has 0 amide bonds. The number of fused-ring (bicyclic) bond motifs is 1. The minimum atomic E-state index is -0.779. The number of hydrogen-bond acceptors (Lipinski definition) is 7. The monoisotopic (exact) mass is 554 g/mol. The van der Waals surface area contributed by atoms with Gasteiger partial charge in [0.25, 0.3) is 0 Å². The van der Waals surface area contributed by atoms with E-state index >= 15 is 0 Å². The Kier molecular flexibility index (Phi) is 8.99. The Bertz CT molecular complexity index is 1470. The number of Topliss-reactive ketones (excluding diaryl/α,β-unsaturated/α-hetero) is 1. The maximum absolute atomic E-state index is 13.6. The maximum atomic E-state index is 13.6. The lowest BCUT2D eigenvalue weighted by atomic mass is 9.92. The molecule has 0 radical (unpaired) electrons. The van der Waals surface area contributed by atoms with E-state index in [4.69, 9.17) is 28.4 Å². The zero-order valence-corrected chi connectivity index (χ0v) is 23.7. The summed E-state index contributed by atoms with van der Waals surface area (Å²) in [6.45, 7) is -0.154. The van der Waals surface area contributed by atoms with Crippen LogP contribution in [-0.4, -0.2) is 46.9 Å². The van der Waals surface area contributed by atoms with Crippen LogP contribution in [-0.2, 0) is 25.4 Å². The highest BCUT2D eigenvalue weighted by molar-refractivity contribution is 5.85. The van der Waals surface area contributed by atoms with Gasteiger partial charge in [-0.05, 0) is 46.5 Å². The summed E-state index contributed by atoms with van der Waals surface area (Å²) in [6.07, 6.45) is -1.72. The maximum Gasteiger partial charge on any atom is 0.188 e. The van der Waals surface area contributed by atoms with E-state index in [9.17, 15) is 4.79 Å². The number of methoxy groups -OCH3 is 4. The minimum Gasteiger partial charge on any atom is -0.497 e. The quantitative estimate of drug-likeness (QED) is 0.214. The minimum absolute atomic E-state index is 0.154. The fourth-order valence-electron chi connectivity index (χ4n) is 5.29. The number of benzene rings is 4. The van der Waals surface area contributed by atoms with Crippen molar-refractivity contribution in [3.8, 4) is 28.4 Å². The lowest BCUT2D eigenvalue weighted by Gasteiger charge is -2.32. The van der Waals surface area contributed by atoms with E-state index in [1.807, 2.05) is 84.9 Å². The Morgan fingerprint density at radius 2 is 1.49 bits per heavy atom. The van der Waals surface area contributed by atoms with E-state index in [0.29, 0.717) is 17.9 Å². The summed E-state index contributed by atoms with van der Waals surface area (Å²) in [5, 5.41) is 0. The SMILES string of the molecule is COc1ccc(-c2ccccc2C(OCC(=O)[C@@H]2Cc3c(OC)ccc(OC)c3[C@@H](OC)O2)c2ccccc2)cc1. The Balaban J connectivity index is 1.43. The Morgan fingerprint density at radius 1 is 0.805 bits per heavy atom. The molecule has 4 aromatic carbocycles. The predicted molar refractivity (Wildman–Crippen MR) is 156 cm³/mol. The summed E-state index contributed by atoms with van der Waals surface area (Å²) < 4.78 is 34.7.